The van der Waals surface area contributed by atoms with Crippen LogP contribution in [0.4, 0.5) is 0 Å². The summed E-state index contributed by atoms with van der Waals surface area (Å²) in [7, 11) is 0. The summed E-state index contributed by atoms with van der Waals surface area (Å²) in [5, 5.41) is 0.632. The fourth-order valence-electron chi connectivity index (χ4n) is 2.04. The molecule has 0 spiro atoms. The fraction of sp³-hybridized carbons (Fsp3) is 0.357. The number of aromatic nitrogens is 1. The molecule has 0 bridgehead atoms. The predicted molar refractivity (Wildman–Crippen MR) is 69.4 cm³/mol. The largest absolute Gasteiger partial charge is 0.454 e. The van der Waals surface area contributed by atoms with Crippen LogP contribution < -0.4 is 14.9 Å². The lowest BCUT2D eigenvalue weighted by atomic mass is 9.91. The molecule has 3 rings (SSSR count). The quantitative estimate of drug-likeness (QED) is 0.776. The first kappa shape index (κ1) is 11.1. The number of hydrogen-bond donors (Lipinski definition) is 1. The summed E-state index contributed by atoms with van der Waals surface area (Å²) in [6.45, 7) is 6.41. The Hall–Kier alpha value is -1.97. The van der Waals surface area contributed by atoms with Gasteiger partial charge in [0.1, 0.15) is 0 Å². The Labute approximate surface area is 105 Å². The molecular formula is C14H15NO3. The van der Waals surface area contributed by atoms with Crippen LogP contribution in [0.5, 0.6) is 11.5 Å². The molecule has 0 atom stereocenters. The Bertz CT molecular complexity index is 680. The molecule has 4 heteroatoms. The second-order valence-electron chi connectivity index (χ2n) is 5.55. The van der Waals surface area contributed by atoms with Crippen LogP contribution in [0.3, 0.4) is 0 Å². The molecule has 0 fully saturated rings. The molecule has 0 unspecified atom stereocenters. The maximum Gasteiger partial charge on any atom is 0.231 e. The number of ether oxygens (including phenoxy) is 2. The molecule has 2 heterocycles. The van der Waals surface area contributed by atoms with E-state index in [4.69, 9.17) is 9.47 Å². The number of nitrogens with one attached hydrogen (secondary N) is 1. The van der Waals surface area contributed by atoms with Gasteiger partial charge >= 0.3 is 0 Å². The maximum atomic E-state index is 12.1. The molecule has 0 aliphatic carbocycles. The van der Waals surface area contributed by atoms with Crippen LogP contribution in [0, 0.1) is 0 Å². The number of aromatic amines is 1. The van der Waals surface area contributed by atoms with Crippen LogP contribution in [0.2, 0.25) is 0 Å². The average Bonchev–Trinajstić information content (AvgIpc) is 2.72. The van der Waals surface area contributed by atoms with Crippen LogP contribution in [-0.4, -0.2) is 11.8 Å². The lowest BCUT2D eigenvalue weighted by Crippen LogP contribution is -2.17. The molecule has 0 saturated carbocycles. The predicted octanol–water partition coefficient (Wildman–Crippen LogP) is 2.55. The smallest absolute Gasteiger partial charge is 0.231 e. The van der Waals surface area contributed by atoms with E-state index in [1.807, 2.05) is 6.07 Å². The Kier molecular flexibility index (Phi) is 2.17. The Balaban J connectivity index is 2.31. The van der Waals surface area contributed by atoms with E-state index in [-0.39, 0.29) is 17.6 Å². The van der Waals surface area contributed by atoms with E-state index in [1.54, 1.807) is 12.1 Å². The van der Waals surface area contributed by atoms with Crippen molar-refractivity contribution in [2.24, 2.45) is 0 Å². The third kappa shape index (κ3) is 1.65. The third-order valence-electron chi connectivity index (χ3n) is 3.13. The molecule has 1 aliphatic rings. The minimum Gasteiger partial charge on any atom is -0.454 e. The van der Waals surface area contributed by atoms with E-state index >= 15 is 0 Å². The van der Waals surface area contributed by atoms with E-state index in [1.165, 1.54) is 0 Å². The zero-order valence-electron chi connectivity index (χ0n) is 10.7. The molecule has 2 aromatic rings. The highest BCUT2D eigenvalue weighted by atomic mass is 16.7. The van der Waals surface area contributed by atoms with Gasteiger partial charge in [-0.2, -0.15) is 0 Å². The minimum absolute atomic E-state index is 0.00646. The van der Waals surface area contributed by atoms with Gasteiger partial charge in [0.2, 0.25) is 6.79 Å². The molecule has 1 aromatic heterocycles. The summed E-state index contributed by atoms with van der Waals surface area (Å²) < 4.78 is 10.6. The highest BCUT2D eigenvalue weighted by Crippen LogP contribution is 2.35. The van der Waals surface area contributed by atoms with E-state index in [2.05, 4.69) is 25.8 Å². The number of H-pyrrole nitrogens is 1. The monoisotopic (exact) mass is 245 g/mol. The zero-order valence-corrected chi connectivity index (χ0v) is 10.7. The Morgan fingerprint density at radius 1 is 1.11 bits per heavy atom. The van der Waals surface area contributed by atoms with Crippen LogP contribution in [0.15, 0.2) is 23.0 Å². The first-order chi connectivity index (χ1) is 8.45. The lowest BCUT2D eigenvalue weighted by Gasteiger charge is -2.19. The van der Waals surface area contributed by atoms with Gasteiger partial charge in [0, 0.05) is 28.6 Å². The highest BCUT2D eigenvalue weighted by Gasteiger charge is 2.19. The van der Waals surface area contributed by atoms with Gasteiger partial charge in [0.15, 0.2) is 16.9 Å². The van der Waals surface area contributed by atoms with Gasteiger partial charge in [-0.25, -0.2) is 0 Å². The van der Waals surface area contributed by atoms with Crippen LogP contribution in [0.1, 0.15) is 26.5 Å². The number of benzene rings is 1. The summed E-state index contributed by atoms with van der Waals surface area (Å²) in [6.07, 6.45) is 0. The van der Waals surface area contributed by atoms with Crippen molar-refractivity contribution >= 4 is 10.9 Å². The van der Waals surface area contributed by atoms with Crippen molar-refractivity contribution in [1.29, 1.82) is 0 Å². The van der Waals surface area contributed by atoms with E-state index in [9.17, 15) is 4.79 Å². The number of rotatable bonds is 0. The standard InChI is InChI=1S/C14H15NO3/c1-14(2,3)13-6-10(16)8-4-11-12(18-7-17-11)5-9(8)15-13/h4-6H,7H2,1-3H3,(H,15,16). The summed E-state index contributed by atoms with van der Waals surface area (Å²) in [5.74, 6) is 1.32. The highest BCUT2D eigenvalue weighted by molar-refractivity contribution is 5.83. The van der Waals surface area contributed by atoms with E-state index in [0.29, 0.717) is 16.9 Å². The first-order valence-electron chi connectivity index (χ1n) is 5.92. The average molecular weight is 245 g/mol. The Morgan fingerprint density at radius 3 is 2.44 bits per heavy atom. The van der Waals surface area contributed by atoms with E-state index < -0.39 is 0 Å². The third-order valence-corrected chi connectivity index (χ3v) is 3.13. The lowest BCUT2D eigenvalue weighted by molar-refractivity contribution is 0.174. The summed E-state index contributed by atoms with van der Waals surface area (Å²) >= 11 is 0. The second kappa shape index (κ2) is 3.51. The van der Waals surface area contributed by atoms with Crippen molar-refractivity contribution in [2.45, 2.75) is 26.2 Å². The van der Waals surface area contributed by atoms with Crippen molar-refractivity contribution in [1.82, 2.24) is 4.98 Å². The van der Waals surface area contributed by atoms with Crippen molar-refractivity contribution in [3.05, 3.63) is 34.1 Å². The number of fused-ring (bicyclic) bond motifs is 2. The zero-order chi connectivity index (χ0) is 12.9. The normalized spacial score (nSPS) is 14.2. The van der Waals surface area contributed by atoms with E-state index in [0.717, 1.165) is 11.2 Å². The number of pyridine rings is 1. The van der Waals surface area contributed by atoms with Gasteiger partial charge in [0.05, 0.1) is 5.52 Å². The van der Waals surface area contributed by atoms with Crippen LogP contribution >= 0.6 is 0 Å². The molecule has 4 nitrogen and oxygen atoms in total. The van der Waals surface area contributed by atoms with Crippen molar-refractivity contribution < 1.29 is 9.47 Å². The minimum atomic E-state index is -0.0935. The molecular weight excluding hydrogens is 230 g/mol. The summed E-state index contributed by atoms with van der Waals surface area (Å²) in [6, 6.07) is 5.22. The molecule has 0 amide bonds. The van der Waals surface area contributed by atoms with Crippen molar-refractivity contribution in [3.63, 3.8) is 0 Å². The van der Waals surface area contributed by atoms with Gasteiger partial charge < -0.3 is 14.5 Å². The second-order valence-corrected chi connectivity index (χ2v) is 5.55. The Morgan fingerprint density at radius 2 is 1.78 bits per heavy atom. The van der Waals surface area contributed by atoms with Gasteiger partial charge in [-0.3, -0.25) is 4.79 Å². The maximum absolute atomic E-state index is 12.1. The molecule has 0 radical (unpaired) electrons. The molecule has 0 saturated heterocycles. The molecule has 1 aromatic carbocycles. The van der Waals surface area contributed by atoms with Crippen molar-refractivity contribution in [2.75, 3.05) is 6.79 Å². The fourth-order valence-corrected chi connectivity index (χ4v) is 2.04. The van der Waals surface area contributed by atoms with Crippen molar-refractivity contribution in [3.8, 4) is 11.5 Å². The van der Waals surface area contributed by atoms with Crippen LogP contribution in [0.25, 0.3) is 10.9 Å². The van der Waals surface area contributed by atoms with Gasteiger partial charge in [-0.1, -0.05) is 20.8 Å². The summed E-state index contributed by atoms with van der Waals surface area (Å²) in [5.41, 5.74) is 1.62. The molecule has 1 N–H and O–H groups in total. The topological polar surface area (TPSA) is 51.3 Å². The van der Waals surface area contributed by atoms with Gasteiger partial charge in [0.25, 0.3) is 0 Å². The molecule has 1 aliphatic heterocycles. The first-order valence-corrected chi connectivity index (χ1v) is 5.92. The molecule has 18 heavy (non-hydrogen) atoms. The number of hydrogen-bond acceptors (Lipinski definition) is 3. The summed E-state index contributed by atoms with van der Waals surface area (Å²) in [4.78, 5) is 15.4. The van der Waals surface area contributed by atoms with Gasteiger partial charge in [-0.15, -0.1) is 0 Å². The SMILES string of the molecule is CC(C)(C)c1cc(=O)c2cc3c(cc2[nH]1)OCO3. The van der Waals surface area contributed by atoms with Gasteiger partial charge in [-0.05, 0) is 6.07 Å². The molecule has 94 valence electrons. The van der Waals surface area contributed by atoms with Crippen LogP contribution in [-0.2, 0) is 5.41 Å².